The number of para-hydroxylation sites is 2. The number of halogens is 2. The van der Waals surface area contributed by atoms with Crippen molar-refractivity contribution < 1.29 is 8.78 Å². The topological polar surface area (TPSA) is 6.48 Å². The molecule has 1 aliphatic rings. The Labute approximate surface area is 123 Å². The fourth-order valence-electron chi connectivity index (χ4n) is 3.00. The minimum atomic E-state index is -0.220. The van der Waals surface area contributed by atoms with Crippen LogP contribution in [0.5, 0.6) is 0 Å². The van der Waals surface area contributed by atoms with Crippen LogP contribution >= 0.6 is 0 Å². The Morgan fingerprint density at radius 3 is 1.57 bits per heavy atom. The zero-order chi connectivity index (χ0) is 15.0. The molecule has 2 aromatic carbocycles. The van der Waals surface area contributed by atoms with Gasteiger partial charge in [0, 0.05) is 13.1 Å². The molecule has 0 aromatic heterocycles. The number of benzene rings is 2. The van der Waals surface area contributed by atoms with E-state index in [0.29, 0.717) is 31.1 Å². The van der Waals surface area contributed by atoms with Gasteiger partial charge in [0.15, 0.2) is 0 Å². The minimum Gasteiger partial charge on any atom is -0.349 e. The highest BCUT2D eigenvalue weighted by Gasteiger charge is 2.26. The van der Waals surface area contributed by atoms with Crippen LogP contribution in [0, 0.1) is 25.5 Å². The van der Waals surface area contributed by atoms with Crippen molar-refractivity contribution in [1.82, 2.24) is 0 Å². The normalized spacial score (nSPS) is 14.9. The molecule has 21 heavy (non-hydrogen) atoms. The molecule has 1 fully saturated rings. The molecule has 0 saturated carbocycles. The smallest absolute Gasteiger partial charge is 0.146 e. The first kappa shape index (κ1) is 13.9. The Balaban J connectivity index is 1.89. The molecule has 4 heteroatoms. The van der Waals surface area contributed by atoms with E-state index < -0.39 is 0 Å². The molecule has 0 amide bonds. The van der Waals surface area contributed by atoms with Gasteiger partial charge in [0.05, 0.1) is 18.0 Å². The van der Waals surface area contributed by atoms with Crippen LogP contribution in [-0.4, -0.2) is 19.8 Å². The lowest BCUT2D eigenvalue weighted by atomic mass is 10.1. The highest BCUT2D eigenvalue weighted by atomic mass is 19.1. The van der Waals surface area contributed by atoms with Gasteiger partial charge in [0.25, 0.3) is 0 Å². The second-order valence-corrected chi connectivity index (χ2v) is 5.48. The highest BCUT2D eigenvalue weighted by Crippen LogP contribution is 2.30. The predicted octanol–water partition coefficient (Wildman–Crippen LogP) is 3.87. The fourth-order valence-corrected chi connectivity index (χ4v) is 3.00. The van der Waals surface area contributed by atoms with Crippen molar-refractivity contribution in [1.29, 1.82) is 0 Å². The minimum absolute atomic E-state index is 0.220. The van der Waals surface area contributed by atoms with Crippen molar-refractivity contribution >= 4 is 11.4 Å². The molecule has 1 aliphatic heterocycles. The van der Waals surface area contributed by atoms with Crippen LogP contribution in [0.4, 0.5) is 20.2 Å². The van der Waals surface area contributed by atoms with Gasteiger partial charge in [-0.25, -0.2) is 8.78 Å². The second kappa shape index (κ2) is 5.35. The van der Waals surface area contributed by atoms with Crippen LogP contribution in [0.1, 0.15) is 11.1 Å². The van der Waals surface area contributed by atoms with Gasteiger partial charge in [0.2, 0.25) is 0 Å². The van der Waals surface area contributed by atoms with E-state index in [0.717, 1.165) is 11.1 Å². The molecule has 1 saturated heterocycles. The number of aryl methyl sites for hydroxylation is 2. The number of hydrogen-bond donors (Lipinski definition) is 0. The average Bonchev–Trinajstić information content (AvgIpc) is 2.87. The average molecular weight is 288 g/mol. The molecular formula is C17H18F2N2. The van der Waals surface area contributed by atoms with Crippen molar-refractivity contribution in [3.8, 4) is 0 Å². The summed E-state index contributed by atoms with van der Waals surface area (Å²) >= 11 is 0. The SMILES string of the molecule is Cc1cccc(F)c1N1CCN(c2c(C)cccc2F)C1. The van der Waals surface area contributed by atoms with Crippen molar-refractivity contribution in [2.45, 2.75) is 13.8 Å². The van der Waals surface area contributed by atoms with E-state index in [1.54, 1.807) is 12.1 Å². The Morgan fingerprint density at radius 1 is 0.762 bits per heavy atom. The molecule has 0 spiro atoms. The van der Waals surface area contributed by atoms with Gasteiger partial charge in [-0.15, -0.1) is 0 Å². The van der Waals surface area contributed by atoms with Gasteiger partial charge >= 0.3 is 0 Å². The summed E-state index contributed by atoms with van der Waals surface area (Å²) in [5, 5.41) is 0. The Morgan fingerprint density at radius 2 is 1.19 bits per heavy atom. The molecule has 0 unspecified atom stereocenters. The number of nitrogens with zero attached hydrogens (tertiary/aromatic N) is 2. The van der Waals surface area contributed by atoms with Gasteiger partial charge in [0.1, 0.15) is 11.6 Å². The predicted molar refractivity (Wildman–Crippen MR) is 81.8 cm³/mol. The maximum Gasteiger partial charge on any atom is 0.146 e. The highest BCUT2D eigenvalue weighted by molar-refractivity contribution is 5.61. The van der Waals surface area contributed by atoms with Gasteiger partial charge in [-0.05, 0) is 37.1 Å². The van der Waals surface area contributed by atoms with E-state index in [-0.39, 0.29) is 11.6 Å². The van der Waals surface area contributed by atoms with Crippen molar-refractivity contribution in [3.63, 3.8) is 0 Å². The van der Waals surface area contributed by atoms with Crippen LogP contribution in [0.25, 0.3) is 0 Å². The lowest BCUT2D eigenvalue weighted by molar-refractivity contribution is 0.618. The fraction of sp³-hybridized carbons (Fsp3) is 0.294. The van der Waals surface area contributed by atoms with Crippen LogP contribution in [0.3, 0.4) is 0 Å². The Kier molecular flexibility index (Phi) is 3.53. The summed E-state index contributed by atoms with van der Waals surface area (Å²) in [5.41, 5.74) is 3.05. The standard InChI is InChI=1S/C17H18F2N2/c1-12-5-3-7-14(18)16(12)20-9-10-21(11-20)17-13(2)6-4-8-15(17)19/h3-8H,9-11H2,1-2H3. The number of rotatable bonds is 2. The van der Waals surface area contributed by atoms with Gasteiger partial charge < -0.3 is 9.80 Å². The lowest BCUT2D eigenvalue weighted by Gasteiger charge is -2.24. The van der Waals surface area contributed by atoms with Crippen molar-refractivity contribution in [2.75, 3.05) is 29.6 Å². The van der Waals surface area contributed by atoms with Crippen molar-refractivity contribution in [2.24, 2.45) is 0 Å². The first-order valence-electron chi connectivity index (χ1n) is 7.08. The molecule has 0 radical (unpaired) electrons. The van der Waals surface area contributed by atoms with Crippen molar-refractivity contribution in [3.05, 3.63) is 59.2 Å². The van der Waals surface area contributed by atoms with Gasteiger partial charge in [-0.1, -0.05) is 24.3 Å². The number of hydrogen-bond acceptors (Lipinski definition) is 2. The quantitative estimate of drug-likeness (QED) is 0.828. The van der Waals surface area contributed by atoms with E-state index >= 15 is 0 Å². The maximum atomic E-state index is 14.1. The van der Waals surface area contributed by atoms with E-state index in [9.17, 15) is 8.78 Å². The first-order valence-corrected chi connectivity index (χ1v) is 7.08. The zero-order valence-electron chi connectivity index (χ0n) is 12.2. The van der Waals surface area contributed by atoms with Crippen LogP contribution < -0.4 is 9.80 Å². The van der Waals surface area contributed by atoms with Crippen LogP contribution in [0.2, 0.25) is 0 Å². The third kappa shape index (κ3) is 2.46. The van der Waals surface area contributed by atoms with E-state index in [2.05, 4.69) is 0 Å². The third-order valence-electron chi connectivity index (χ3n) is 3.99. The molecule has 0 aliphatic carbocycles. The lowest BCUT2D eigenvalue weighted by Crippen LogP contribution is -2.27. The Hall–Kier alpha value is -2.10. The third-order valence-corrected chi connectivity index (χ3v) is 3.99. The molecule has 2 nitrogen and oxygen atoms in total. The first-order chi connectivity index (χ1) is 10.1. The van der Waals surface area contributed by atoms with Crippen LogP contribution in [0.15, 0.2) is 36.4 Å². The van der Waals surface area contributed by atoms with Crippen LogP contribution in [-0.2, 0) is 0 Å². The summed E-state index contributed by atoms with van der Waals surface area (Å²) in [7, 11) is 0. The molecule has 0 bridgehead atoms. The van der Waals surface area contributed by atoms with E-state index in [1.807, 2.05) is 35.8 Å². The molecular weight excluding hydrogens is 270 g/mol. The summed E-state index contributed by atoms with van der Waals surface area (Å²) < 4.78 is 28.1. The van der Waals surface area contributed by atoms with Gasteiger partial charge in [-0.3, -0.25) is 0 Å². The number of anilines is 2. The molecule has 2 aromatic rings. The summed E-state index contributed by atoms with van der Waals surface area (Å²) in [6.45, 7) is 5.68. The monoisotopic (exact) mass is 288 g/mol. The molecule has 3 rings (SSSR count). The second-order valence-electron chi connectivity index (χ2n) is 5.48. The largest absolute Gasteiger partial charge is 0.349 e. The molecule has 0 atom stereocenters. The molecule has 1 heterocycles. The Bertz CT molecular complexity index is 572. The zero-order valence-corrected chi connectivity index (χ0v) is 12.2. The van der Waals surface area contributed by atoms with E-state index in [1.165, 1.54) is 12.1 Å². The summed E-state index contributed by atoms with van der Waals surface area (Å²) in [6.07, 6.45) is 0. The summed E-state index contributed by atoms with van der Waals surface area (Å²) in [4.78, 5) is 3.94. The molecule has 110 valence electrons. The summed E-state index contributed by atoms with van der Waals surface area (Å²) in [6, 6.07) is 10.2. The van der Waals surface area contributed by atoms with Gasteiger partial charge in [-0.2, -0.15) is 0 Å². The molecule has 0 N–H and O–H groups in total. The van der Waals surface area contributed by atoms with E-state index in [4.69, 9.17) is 0 Å². The maximum absolute atomic E-state index is 14.1. The summed E-state index contributed by atoms with van der Waals surface area (Å²) in [5.74, 6) is -0.441.